The molecule has 2 aromatic heterocycles. The summed E-state index contributed by atoms with van der Waals surface area (Å²) < 4.78 is 4.33. The lowest BCUT2D eigenvalue weighted by Crippen LogP contribution is -2.39. The second-order valence-electron chi connectivity index (χ2n) is 6.22. The fraction of sp³-hybridized carbons (Fsp3) is 0.368. The summed E-state index contributed by atoms with van der Waals surface area (Å²) in [7, 11) is 5.95. The van der Waals surface area contributed by atoms with Crippen molar-refractivity contribution in [3.8, 4) is 0 Å². The molecule has 0 saturated heterocycles. The number of imidazole rings is 1. The van der Waals surface area contributed by atoms with E-state index in [1.807, 2.05) is 25.5 Å². The molecule has 0 aliphatic heterocycles. The van der Waals surface area contributed by atoms with Gasteiger partial charge < -0.3 is 19.4 Å². The third-order valence-corrected chi connectivity index (χ3v) is 4.41. The Kier molecular flexibility index (Phi) is 5.38. The first-order chi connectivity index (χ1) is 12.2. The topological polar surface area (TPSA) is 50.4 Å². The van der Waals surface area contributed by atoms with Crippen LogP contribution in [0, 0.1) is 0 Å². The second-order valence-corrected chi connectivity index (χ2v) is 6.22. The molecule has 132 valence electrons. The number of aromatic nitrogens is 3. The predicted octanol–water partition coefficient (Wildman–Crippen LogP) is 2.47. The SMILES string of the molecule is CN=C(NCCCn1cnc2ccccc21)N(C)Cc1cccn1C. The van der Waals surface area contributed by atoms with E-state index in [1.165, 1.54) is 11.2 Å². The molecule has 1 aromatic carbocycles. The summed E-state index contributed by atoms with van der Waals surface area (Å²) in [6.07, 6.45) is 4.99. The zero-order valence-electron chi connectivity index (χ0n) is 15.2. The molecule has 0 unspecified atom stereocenters. The zero-order chi connectivity index (χ0) is 17.6. The molecule has 3 rings (SSSR count). The summed E-state index contributed by atoms with van der Waals surface area (Å²) in [5, 5.41) is 3.44. The number of nitrogens with one attached hydrogen (secondary N) is 1. The van der Waals surface area contributed by atoms with Gasteiger partial charge in [0.05, 0.1) is 23.9 Å². The highest BCUT2D eigenvalue weighted by Gasteiger charge is 2.08. The van der Waals surface area contributed by atoms with E-state index in [2.05, 4.69) is 73.9 Å². The van der Waals surface area contributed by atoms with Crippen molar-refractivity contribution in [2.75, 3.05) is 20.6 Å². The summed E-state index contributed by atoms with van der Waals surface area (Å²) in [4.78, 5) is 11.0. The van der Waals surface area contributed by atoms with Gasteiger partial charge >= 0.3 is 0 Å². The van der Waals surface area contributed by atoms with Crippen LogP contribution in [0.4, 0.5) is 0 Å². The van der Waals surface area contributed by atoms with Crippen molar-refractivity contribution in [2.45, 2.75) is 19.5 Å². The van der Waals surface area contributed by atoms with Crippen molar-refractivity contribution in [1.82, 2.24) is 24.3 Å². The van der Waals surface area contributed by atoms with Gasteiger partial charge in [0.15, 0.2) is 5.96 Å². The number of hydrogen-bond donors (Lipinski definition) is 1. The number of aliphatic imine (C=N–C) groups is 1. The van der Waals surface area contributed by atoms with E-state index < -0.39 is 0 Å². The largest absolute Gasteiger partial charge is 0.356 e. The van der Waals surface area contributed by atoms with Gasteiger partial charge in [0.2, 0.25) is 0 Å². The van der Waals surface area contributed by atoms with Crippen LogP contribution in [0.15, 0.2) is 53.9 Å². The maximum Gasteiger partial charge on any atom is 0.193 e. The zero-order valence-corrected chi connectivity index (χ0v) is 15.2. The third-order valence-electron chi connectivity index (χ3n) is 4.41. The molecule has 0 radical (unpaired) electrons. The Bertz CT molecular complexity index is 844. The molecule has 0 fully saturated rings. The first kappa shape index (κ1) is 17.1. The minimum atomic E-state index is 0.829. The summed E-state index contributed by atoms with van der Waals surface area (Å²) in [6, 6.07) is 12.4. The maximum absolute atomic E-state index is 4.44. The number of aryl methyl sites for hydroxylation is 2. The Hall–Kier alpha value is -2.76. The van der Waals surface area contributed by atoms with Crippen molar-refractivity contribution < 1.29 is 0 Å². The van der Waals surface area contributed by atoms with Gasteiger partial charge in [-0.2, -0.15) is 0 Å². The van der Waals surface area contributed by atoms with Crippen molar-refractivity contribution in [2.24, 2.45) is 12.0 Å². The van der Waals surface area contributed by atoms with Crippen LogP contribution in [0.1, 0.15) is 12.1 Å². The van der Waals surface area contributed by atoms with Crippen LogP contribution in [0.3, 0.4) is 0 Å². The number of hydrogen-bond acceptors (Lipinski definition) is 2. The van der Waals surface area contributed by atoms with Gasteiger partial charge in [-0.25, -0.2) is 4.98 Å². The van der Waals surface area contributed by atoms with Crippen LogP contribution in [0.5, 0.6) is 0 Å². The Morgan fingerprint density at radius 1 is 1.24 bits per heavy atom. The van der Waals surface area contributed by atoms with E-state index >= 15 is 0 Å². The lowest BCUT2D eigenvalue weighted by Gasteiger charge is -2.22. The van der Waals surface area contributed by atoms with Crippen LogP contribution < -0.4 is 5.32 Å². The Balaban J connectivity index is 1.49. The van der Waals surface area contributed by atoms with Crippen LogP contribution in [-0.2, 0) is 20.1 Å². The smallest absolute Gasteiger partial charge is 0.193 e. The number of benzene rings is 1. The number of rotatable bonds is 6. The molecule has 25 heavy (non-hydrogen) atoms. The first-order valence-corrected chi connectivity index (χ1v) is 8.61. The normalized spacial score (nSPS) is 11.9. The fourth-order valence-electron chi connectivity index (χ4n) is 3.00. The molecule has 0 atom stereocenters. The van der Waals surface area contributed by atoms with Crippen LogP contribution in [-0.4, -0.2) is 45.6 Å². The van der Waals surface area contributed by atoms with Gasteiger partial charge in [-0.3, -0.25) is 4.99 Å². The molecule has 3 aromatic rings. The lowest BCUT2D eigenvalue weighted by atomic mass is 10.3. The van der Waals surface area contributed by atoms with E-state index in [4.69, 9.17) is 0 Å². The molecule has 6 nitrogen and oxygen atoms in total. The van der Waals surface area contributed by atoms with E-state index in [-0.39, 0.29) is 0 Å². The second kappa shape index (κ2) is 7.88. The summed E-state index contributed by atoms with van der Waals surface area (Å²) >= 11 is 0. The molecule has 1 N–H and O–H groups in total. The summed E-state index contributed by atoms with van der Waals surface area (Å²) in [5.74, 6) is 0.914. The number of guanidine groups is 1. The molecule has 0 aliphatic rings. The summed E-state index contributed by atoms with van der Waals surface area (Å²) in [5.41, 5.74) is 3.50. The highest BCUT2D eigenvalue weighted by atomic mass is 15.3. The standard InChI is InChI=1S/C19H26N6/c1-20-19(24(3)14-16-8-6-12-23(16)2)21-11-7-13-25-15-22-17-9-4-5-10-18(17)25/h4-6,8-10,12,15H,7,11,13-14H2,1-3H3,(H,20,21). The van der Waals surface area contributed by atoms with Crippen molar-refractivity contribution in [1.29, 1.82) is 0 Å². The molecule has 2 heterocycles. The number of nitrogens with zero attached hydrogens (tertiary/aromatic N) is 5. The average Bonchev–Trinajstić information content (AvgIpc) is 3.21. The molecule has 0 bridgehead atoms. The molecule has 0 spiro atoms. The van der Waals surface area contributed by atoms with E-state index in [0.717, 1.165) is 37.5 Å². The van der Waals surface area contributed by atoms with Crippen LogP contribution >= 0.6 is 0 Å². The predicted molar refractivity (Wildman–Crippen MR) is 103 cm³/mol. The van der Waals surface area contributed by atoms with Crippen molar-refractivity contribution in [3.63, 3.8) is 0 Å². The Labute approximate surface area is 148 Å². The maximum atomic E-state index is 4.44. The highest BCUT2D eigenvalue weighted by Crippen LogP contribution is 2.11. The van der Waals surface area contributed by atoms with Gasteiger partial charge in [-0.05, 0) is 30.7 Å². The minimum absolute atomic E-state index is 0.829. The average molecular weight is 338 g/mol. The lowest BCUT2D eigenvalue weighted by molar-refractivity contribution is 0.459. The third kappa shape index (κ3) is 4.02. The Morgan fingerprint density at radius 2 is 2.08 bits per heavy atom. The number of para-hydroxylation sites is 2. The molecule has 0 amide bonds. The quantitative estimate of drug-likeness (QED) is 0.427. The van der Waals surface area contributed by atoms with Gasteiger partial charge in [0, 0.05) is 46.1 Å². The van der Waals surface area contributed by atoms with Gasteiger partial charge in [-0.15, -0.1) is 0 Å². The fourth-order valence-corrected chi connectivity index (χ4v) is 3.00. The molecule has 6 heteroatoms. The van der Waals surface area contributed by atoms with E-state index in [0.29, 0.717) is 0 Å². The Morgan fingerprint density at radius 3 is 2.84 bits per heavy atom. The van der Waals surface area contributed by atoms with E-state index in [9.17, 15) is 0 Å². The molecular weight excluding hydrogens is 312 g/mol. The number of fused-ring (bicyclic) bond motifs is 1. The van der Waals surface area contributed by atoms with Crippen molar-refractivity contribution >= 4 is 17.0 Å². The molecule has 0 saturated carbocycles. The van der Waals surface area contributed by atoms with Crippen molar-refractivity contribution in [3.05, 3.63) is 54.6 Å². The summed E-state index contributed by atoms with van der Waals surface area (Å²) in [6.45, 7) is 2.64. The minimum Gasteiger partial charge on any atom is -0.356 e. The van der Waals surface area contributed by atoms with E-state index in [1.54, 1.807) is 0 Å². The molecule has 0 aliphatic carbocycles. The first-order valence-electron chi connectivity index (χ1n) is 8.61. The van der Waals surface area contributed by atoms with Gasteiger partial charge in [0.1, 0.15) is 0 Å². The van der Waals surface area contributed by atoms with Crippen LogP contribution in [0.2, 0.25) is 0 Å². The van der Waals surface area contributed by atoms with Gasteiger partial charge in [-0.1, -0.05) is 12.1 Å². The monoisotopic (exact) mass is 338 g/mol. The van der Waals surface area contributed by atoms with Gasteiger partial charge in [0.25, 0.3) is 0 Å². The molecular formula is C19H26N6. The van der Waals surface area contributed by atoms with Crippen LogP contribution in [0.25, 0.3) is 11.0 Å². The highest BCUT2D eigenvalue weighted by molar-refractivity contribution is 5.79.